The quantitative estimate of drug-likeness (QED) is 0.729. The van der Waals surface area contributed by atoms with Crippen molar-refractivity contribution >= 4 is 23.4 Å². The molecule has 3 heterocycles. The van der Waals surface area contributed by atoms with Crippen LogP contribution in [0.1, 0.15) is 25.3 Å². The Hall–Kier alpha value is -3.11. The first-order valence-electron chi connectivity index (χ1n) is 11.0. The van der Waals surface area contributed by atoms with Crippen LogP contribution in [-0.4, -0.2) is 55.3 Å². The van der Waals surface area contributed by atoms with Crippen molar-refractivity contribution in [2.45, 2.75) is 26.7 Å². The van der Waals surface area contributed by atoms with Crippen molar-refractivity contribution in [2.24, 2.45) is 5.92 Å². The van der Waals surface area contributed by atoms with Crippen molar-refractivity contribution < 1.29 is 9.53 Å². The predicted molar refractivity (Wildman–Crippen MR) is 123 cm³/mol. The molecule has 0 saturated carbocycles. The van der Waals surface area contributed by atoms with Gasteiger partial charge < -0.3 is 24.7 Å². The molecule has 0 spiro atoms. The number of anilines is 2. The van der Waals surface area contributed by atoms with Gasteiger partial charge in [0.1, 0.15) is 0 Å². The Morgan fingerprint density at radius 1 is 1.26 bits per heavy atom. The molecule has 4 rings (SSSR count). The number of nitrogens with zero attached hydrogens (tertiary/aromatic N) is 4. The zero-order chi connectivity index (χ0) is 21.8. The van der Waals surface area contributed by atoms with Crippen LogP contribution in [0.5, 0.6) is 0 Å². The first-order valence-corrected chi connectivity index (χ1v) is 11.0. The molecule has 1 atom stereocenters. The standard InChI is InChI=1S/C24H29N5O2/c1-4-18-7-8-29(16-18)24(30)26-20-6-5-17(2)21(15-20)19-13-22(25-3)27-23(14-19)28-9-11-31-12-10-28/h5-6,13-15,18H,4,7-12,16H2,1-2H3,(H,26,30)/t18-/m1/s1. The summed E-state index contributed by atoms with van der Waals surface area (Å²) in [4.78, 5) is 24.9. The van der Waals surface area contributed by atoms with Gasteiger partial charge in [-0.05, 0) is 54.2 Å². The van der Waals surface area contributed by atoms with Crippen molar-refractivity contribution in [3.63, 3.8) is 0 Å². The van der Waals surface area contributed by atoms with Crippen molar-refractivity contribution in [3.05, 3.63) is 47.3 Å². The van der Waals surface area contributed by atoms with Crippen LogP contribution in [0.25, 0.3) is 16.0 Å². The Morgan fingerprint density at radius 3 is 2.77 bits per heavy atom. The number of amides is 2. The van der Waals surface area contributed by atoms with Crippen molar-refractivity contribution in [2.75, 3.05) is 49.6 Å². The zero-order valence-electron chi connectivity index (χ0n) is 18.2. The number of hydrogen-bond donors (Lipinski definition) is 1. The summed E-state index contributed by atoms with van der Waals surface area (Å²) in [5.74, 6) is 1.76. The maximum atomic E-state index is 12.7. The lowest BCUT2D eigenvalue weighted by Gasteiger charge is -2.26. The van der Waals surface area contributed by atoms with E-state index in [0.717, 1.165) is 67.2 Å². The number of pyridine rings is 1. The topological polar surface area (TPSA) is 62.1 Å². The average Bonchev–Trinajstić information content (AvgIpc) is 3.30. The minimum absolute atomic E-state index is 0.0451. The molecule has 162 valence electrons. The second kappa shape index (κ2) is 9.36. The molecule has 0 aliphatic carbocycles. The molecule has 31 heavy (non-hydrogen) atoms. The average molecular weight is 420 g/mol. The number of benzene rings is 1. The SMILES string of the molecule is [C-]#[N+]c1cc(-c2cc(NC(=O)N3CC[C@@H](CC)C3)ccc2C)cc(N2CCOCC2)n1. The van der Waals surface area contributed by atoms with Gasteiger partial charge in [-0.2, -0.15) is 0 Å². The number of nitrogens with one attached hydrogen (secondary N) is 1. The maximum Gasteiger partial charge on any atom is 0.321 e. The molecule has 0 unspecified atom stereocenters. The number of carbonyl (C=O) groups excluding carboxylic acids is 1. The predicted octanol–water partition coefficient (Wildman–Crippen LogP) is 4.71. The number of aromatic nitrogens is 1. The van der Waals surface area contributed by atoms with Crippen molar-refractivity contribution in [3.8, 4) is 11.1 Å². The number of aryl methyl sites for hydroxylation is 1. The first kappa shape index (κ1) is 21.1. The summed E-state index contributed by atoms with van der Waals surface area (Å²) in [5.41, 5.74) is 3.77. The molecular formula is C24H29N5O2. The van der Waals surface area contributed by atoms with E-state index >= 15 is 0 Å². The van der Waals surface area contributed by atoms with Crippen LogP contribution in [-0.2, 0) is 4.74 Å². The van der Waals surface area contributed by atoms with E-state index in [0.29, 0.717) is 24.9 Å². The summed E-state index contributed by atoms with van der Waals surface area (Å²) in [6.07, 6.45) is 2.18. The number of urea groups is 1. The van der Waals surface area contributed by atoms with Gasteiger partial charge in [0.25, 0.3) is 5.82 Å². The van der Waals surface area contributed by atoms with E-state index in [1.807, 2.05) is 42.2 Å². The van der Waals surface area contributed by atoms with E-state index in [9.17, 15) is 4.79 Å². The minimum atomic E-state index is -0.0451. The van der Waals surface area contributed by atoms with Crippen LogP contribution in [0.2, 0.25) is 0 Å². The maximum absolute atomic E-state index is 12.7. The van der Waals surface area contributed by atoms with Gasteiger partial charge >= 0.3 is 6.03 Å². The molecule has 1 aromatic carbocycles. The minimum Gasteiger partial charge on any atom is -0.378 e. The summed E-state index contributed by atoms with van der Waals surface area (Å²) in [6, 6.07) is 9.74. The number of likely N-dealkylation sites (tertiary alicyclic amines) is 1. The summed E-state index contributed by atoms with van der Waals surface area (Å²) < 4.78 is 5.45. The number of carbonyl (C=O) groups is 1. The first-order chi connectivity index (χ1) is 15.1. The highest BCUT2D eigenvalue weighted by atomic mass is 16.5. The molecule has 2 saturated heterocycles. The third kappa shape index (κ3) is 4.80. The largest absolute Gasteiger partial charge is 0.378 e. The van der Waals surface area contributed by atoms with Gasteiger partial charge in [-0.3, -0.25) is 0 Å². The highest BCUT2D eigenvalue weighted by molar-refractivity contribution is 5.91. The summed E-state index contributed by atoms with van der Waals surface area (Å²) in [7, 11) is 0. The van der Waals surface area contributed by atoms with E-state index in [4.69, 9.17) is 11.3 Å². The molecule has 7 heteroatoms. The molecule has 2 aliphatic rings. The fraction of sp³-hybridized carbons (Fsp3) is 0.458. The van der Waals surface area contributed by atoms with Gasteiger partial charge in [-0.1, -0.05) is 26.0 Å². The second-order valence-corrected chi connectivity index (χ2v) is 8.25. The summed E-state index contributed by atoms with van der Waals surface area (Å²) in [5, 5.41) is 3.06. The zero-order valence-corrected chi connectivity index (χ0v) is 18.2. The summed E-state index contributed by atoms with van der Waals surface area (Å²) in [6.45, 7) is 16.2. The van der Waals surface area contributed by atoms with E-state index in [-0.39, 0.29) is 6.03 Å². The molecule has 0 radical (unpaired) electrons. The van der Waals surface area contributed by atoms with Crippen LogP contribution in [0.4, 0.5) is 22.1 Å². The molecule has 1 N–H and O–H groups in total. The second-order valence-electron chi connectivity index (χ2n) is 8.25. The third-order valence-electron chi connectivity index (χ3n) is 6.20. The molecule has 7 nitrogen and oxygen atoms in total. The third-order valence-corrected chi connectivity index (χ3v) is 6.20. The summed E-state index contributed by atoms with van der Waals surface area (Å²) >= 11 is 0. The lowest BCUT2D eigenvalue weighted by atomic mass is 10.00. The van der Waals surface area contributed by atoms with E-state index < -0.39 is 0 Å². The fourth-order valence-electron chi connectivity index (χ4n) is 4.23. The number of ether oxygens (including phenoxy) is 1. The number of morpholine rings is 1. The van der Waals surface area contributed by atoms with Gasteiger partial charge in [0, 0.05) is 37.9 Å². The Bertz CT molecular complexity index is 994. The highest BCUT2D eigenvalue weighted by Crippen LogP contribution is 2.32. The molecule has 2 aromatic rings. The molecule has 1 aromatic heterocycles. The lowest BCUT2D eigenvalue weighted by molar-refractivity contribution is 0.122. The van der Waals surface area contributed by atoms with Gasteiger partial charge in [0.15, 0.2) is 0 Å². The fourth-order valence-corrected chi connectivity index (χ4v) is 4.23. The van der Waals surface area contributed by atoms with Crippen LogP contribution in [0.15, 0.2) is 30.3 Å². The van der Waals surface area contributed by atoms with Gasteiger partial charge in [-0.15, -0.1) is 4.98 Å². The van der Waals surface area contributed by atoms with E-state index in [2.05, 4.69) is 27.0 Å². The Kier molecular flexibility index (Phi) is 6.38. The van der Waals surface area contributed by atoms with Crippen molar-refractivity contribution in [1.82, 2.24) is 9.88 Å². The molecule has 0 bridgehead atoms. The van der Waals surface area contributed by atoms with Crippen molar-refractivity contribution in [1.29, 1.82) is 0 Å². The molecule has 2 fully saturated rings. The van der Waals surface area contributed by atoms with Crippen LogP contribution in [0.3, 0.4) is 0 Å². The molecular weight excluding hydrogens is 390 g/mol. The Balaban J connectivity index is 1.59. The van der Waals surface area contributed by atoms with Gasteiger partial charge in [0.05, 0.1) is 13.2 Å². The normalized spacial score (nSPS) is 18.7. The monoisotopic (exact) mass is 419 g/mol. The Labute approximate surface area is 183 Å². The van der Waals surface area contributed by atoms with E-state index in [1.165, 1.54) is 0 Å². The van der Waals surface area contributed by atoms with Crippen LogP contribution in [0, 0.1) is 19.4 Å². The van der Waals surface area contributed by atoms with Gasteiger partial charge in [0.2, 0.25) is 5.82 Å². The van der Waals surface area contributed by atoms with Gasteiger partial charge in [-0.25, -0.2) is 4.79 Å². The number of rotatable bonds is 4. The smallest absolute Gasteiger partial charge is 0.321 e. The van der Waals surface area contributed by atoms with E-state index in [1.54, 1.807) is 0 Å². The van der Waals surface area contributed by atoms with Crippen LogP contribution < -0.4 is 10.2 Å². The Morgan fingerprint density at radius 2 is 2.06 bits per heavy atom. The number of hydrogen-bond acceptors (Lipinski definition) is 4. The highest BCUT2D eigenvalue weighted by Gasteiger charge is 2.25. The van der Waals surface area contributed by atoms with Crippen LogP contribution >= 0.6 is 0 Å². The molecule has 2 aliphatic heterocycles. The molecule has 2 amide bonds. The lowest BCUT2D eigenvalue weighted by Crippen LogP contribution is -2.36.